The van der Waals surface area contributed by atoms with Gasteiger partial charge < -0.3 is 9.47 Å². The zero-order valence-corrected chi connectivity index (χ0v) is 19.9. The number of benzene rings is 2. The second-order valence-corrected chi connectivity index (χ2v) is 11.5. The summed E-state index contributed by atoms with van der Waals surface area (Å²) in [6, 6.07) is 12.5. The van der Waals surface area contributed by atoms with Gasteiger partial charge in [0, 0.05) is 13.1 Å². The normalized spacial score (nSPS) is 19.4. The Balaban J connectivity index is 1.52. The average molecular weight is 483 g/mol. The van der Waals surface area contributed by atoms with Crippen LogP contribution in [0, 0.1) is 11.8 Å². The number of rotatable bonds is 10. The van der Waals surface area contributed by atoms with Crippen LogP contribution in [0.5, 0.6) is 11.5 Å². The molecule has 10 heteroatoms. The Hall–Kier alpha value is -2.14. The molecule has 1 aliphatic carbocycles. The first-order chi connectivity index (χ1) is 15.2. The zero-order chi connectivity index (χ0) is 23.2. The van der Waals surface area contributed by atoms with E-state index >= 15 is 0 Å². The van der Waals surface area contributed by atoms with Crippen molar-refractivity contribution in [3.8, 4) is 11.5 Å². The number of hydrogen-bond donors (Lipinski definition) is 2. The van der Waals surface area contributed by atoms with Crippen LogP contribution in [0.2, 0.25) is 0 Å². The van der Waals surface area contributed by atoms with Gasteiger partial charge in [-0.25, -0.2) is 26.3 Å². The lowest BCUT2D eigenvalue weighted by molar-refractivity contribution is 0.268. The van der Waals surface area contributed by atoms with Crippen LogP contribution in [-0.4, -0.2) is 44.1 Å². The second kappa shape index (κ2) is 10.7. The van der Waals surface area contributed by atoms with Crippen molar-refractivity contribution in [2.75, 3.05) is 27.3 Å². The smallest absolute Gasteiger partial charge is 0.240 e. The molecule has 176 valence electrons. The van der Waals surface area contributed by atoms with E-state index in [1.807, 2.05) is 0 Å². The molecule has 2 N–H and O–H groups in total. The van der Waals surface area contributed by atoms with E-state index in [9.17, 15) is 16.8 Å². The predicted molar refractivity (Wildman–Crippen MR) is 122 cm³/mol. The van der Waals surface area contributed by atoms with Gasteiger partial charge in [0.25, 0.3) is 0 Å². The molecule has 0 amide bonds. The summed E-state index contributed by atoms with van der Waals surface area (Å²) in [6.07, 6.45) is 3.51. The summed E-state index contributed by atoms with van der Waals surface area (Å²) in [7, 11) is -4.16. The van der Waals surface area contributed by atoms with Gasteiger partial charge >= 0.3 is 0 Å². The monoisotopic (exact) mass is 482 g/mol. The van der Waals surface area contributed by atoms with E-state index in [1.54, 1.807) is 24.3 Å². The number of methoxy groups -OCH3 is 2. The molecule has 0 unspecified atom stereocenters. The third kappa shape index (κ3) is 6.44. The van der Waals surface area contributed by atoms with Crippen LogP contribution in [0.25, 0.3) is 0 Å². The highest BCUT2D eigenvalue weighted by Crippen LogP contribution is 2.29. The van der Waals surface area contributed by atoms with Crippen LogP contribution in [0.3, 0.4) is 0 Å². The fourth-order valence-electron chi connectivity index (χ4n) is 3.90. The summed E-state index contributed by atoms with van der Waals surface area (Å²) in [5.41, 5.74) is 0. The molecule has 2 aromatic rings. The molecule has 2 atom stereocenters. The Morgan fingerprint density at radius 2 is 1.09 bits per heavy atom. The molecule has 8 nitrogen and oxygen atoms in total. The maximum absolute atomic E-state index is 12.6. The molecule has 0 saturated heterocycles. The number of sulfonamides is 2. The maximum Gasteiger partial charge on any atom is 0.240 e. The molecule has 32 heavy (non-hydrogen) atoms. The quantitative estimate of drug-likeness (QED) is 0.539. The van der Waals surface area contributed by atoms with Crippen molar-refractivity contribution in [1.82, 2.24) is 9.44 Å². The van der Waals surface area contributed by atoms with Crippen molar-refractivity contribution in [3.63, 3.8) is 0 Å². The van der Waals surface area contributed by atoms with Crippen molar-refractivity contribution in [2.45, 2.75) is 35.5 Å². The van der Waals surface area contributed by atoms with Crippen molar-refractivity contribution in [1.29, 1.82) is 0 Å². The molecule has 2 aromatic carbocycles. The first-order valence-corrected chi connectivity index (χ1v) is 13.5. The van der Waals surface area contributed by atoms with E-state index in [1.165, 1.54) is 38.5 Å². The highest BCUT2D eigenvalue weighted by molar-refractivity contribution is 7.89. The standard InChI is InChI=1S/C22H30N2O6S2/c1-29-19-6-10-21(11-7-19)31(25,26)23-15-17-4-3-5-18(14-17)16-24-32(27,28)22-12-8-20(30-2)9-13-22/h6-13,17-18,23-24H,3-5,14-16H2,1-2H3/t17-,18+. The average Bonchev–Trinajstić information content (AvgIpc) is 2.82. The largest absolute Gasteiger partial charge is 0.497 e. The van der Waals surface area contributed by atoms with Gasteiger partial charge in [-0.1, -0.05) is 6.42 Å². The molecule has 0 aliphatic heterocycles. The van der Waals surface area contributed by atoms with Crippen LogP contribution in [-0.2, 0) is 20.0 Å². The number of ether oxygens (including phenoxy) is 2. The summed E-state index contributed by atoms with van der Waals surface area (Å²) in [6.45, 7) is 0.659. The van der Waals surface area contributed by atoms with Gasteiger partial charge in [-0.3, -0.25) is 0 Å². The Morgan fingerprint density at radius 3 is 1.44 bits per heavy atom. The van der Waals surface area contributed by atoms with E-state index in [2.05, 4.69) is 9.44 Å². The molecular formula is C22H30N2O6S2. The van der Waals surface area contributed by atoms with Crippen LogP contribution >= 0.6 is 0 Å². The van der Waals surface area contributed by atoms with Gasteiger partial charge in [0.05, 0.1) is 24.0 Å². The third-order valence-electron chi connectivity index (χ3n) is 5.75. The van der Waals surface area contributed by atoms with Crippen LogP contribution in [0.4, 0.5) is 0 Å². The van der Waals surface area contributed by atoms with E-state index in [-0.39, 0.29) is 21.6 Å². The van der Waals surface area contributed by atoms with E-state index in [0.717, 1.165) is 25.7 Å². The summed E-state index contributed by atoms with van der Waals surface area (Å²) in [4.78, 5) is 0.385. The highest BCUT2D eigenvalue weighted by Gasteiger charge is 2.25. The Bertz CT molecular complexity index is 997. The van der Waals surface area contributed by atoms with Gasteiger partial charge in [-0.2, -0.15) is 0 Å². The maximum atomic E-state index is 12.6. The van der Waals surface area contributed by atoms with Crippen LogP contribution in [0.1, 0.15) is 25.7 Å². The van der Waals surface area contributed by atoms with Gasteiger partial charge in [0.1, 0.15) is 11.5 Å². The molecule has 0 radical (unpaired) electrons. The van der Waals surface area contributed by atoms with Gasteiger partial charge in [0.15, 0.2) is 0 Å². The van der Waals surface area contributed by atoms with Gasteiger partial charge in [0.2, 0.25) is 20.0 Å². The molecule has 0 aromatic heterocycles. The Kier molecular flexibility index (Phi) is 8.16. The Morgan fingerprint density at radius 1 is 0.719 bits per heavy atom. The molecule has 0 heterocycles. The lowest BCUT2D eigenvalue weighted by Gasteiger charge is -2.29. The second-order valence-electron chi connectivity index (χ2n) is 7.95. The van der Waals surface area contributed by atoms with Crippen LogP contribution < -0.4 is 18.9 Å². The molecule has 0 spiro atoms. The minimum absolute atomic E-state index is 0.160. The Labute approximate surface area is 190 Å². The molecular weight excluding hydrogens is 452 g/mol. The number of hydrogen-bond acceptors (Lipinski definition) is 6. The lowest BCUT2D eigenvalue weighted by atomic mass is 9.81. The highest BCUT2D eigenvalue weighted by atomic mass is 32.2. The molecule has 0 bridgehead atoms. The molecule has 3 rings (SSSR count). The SMILES string of the molecule is COc1ccc(S(=O)(=O)NC[C@H]2CCC[C@@H](CNS(=O)(=O)c3ccc(OC)cc3)C2)cc1. The van der Waals surface area contributed by atoms with Gasteiger partial charge in [-0.15, -0.1) is 0 Å². The first kappa shape index (κ1) is 24.5. The fourth-order valence-corrected chi connectivity index (χ4v) is 6.14. The molecule has 1 aliphatic rings. The van der Waals surface area contributed by atoms with Crippen LogP contribution in [0.15, 0.2) is 58.3 Å². The summed E-state index contributed by atoms with van der Waals surface area (Å²) >= 11 is 0. The third-order valence-corrected chi connectivity index (χ3v) is 8.63. The topological polar surface area (TPSA) is 111 Å². The number of nitrogens with one attached hydrogen (secondary N) is 2. The molecule has 1 saturated carbocycles. The predicted octanol–water partition coefficient (Wildman–Crippen LogP) is 2.77. The first-order valence-electron chi connectivity index (χ1n) is 10.5. The zero-order valence-electron chi connectivity index (χ0n) is 18.3. The minimum atomic E-state index is -3.61. The fraction of sp³-hybridized carbons (Fsp3) is 0.455. The van der Waals surface area contributed by atoms with Crippen molar-refractivity contribution >= 4 is 20.0 Å². The summed E-state index contributed by atoms with van der Waals surface area (Å²) in [5.74, 6) is 1.51. The lowest BCUT2D eigenvalue weighted by Crippen LogP contribution is -2.35. The van der Waals surface area contributed by atoms with Gasteiger partial charge in [-0.05, 0) is 79.6 Å². The van der Waals surface area contributed by atoms with E-state index < -0.39 is 20.0 Å². The minimum Gasteiger partial charge on any atom is -0.497 e. The van der Waals surface area contributed by atoms with Crippen molar-refractivity contribution in [2.24, 2.45) is 11.8 Å². The van der Waals surface area contributed by atoms with E-state index in [4.69, 9.17) is 9.47 Å². The summed E-state index contributed by atoms with van der Waals surface area (Å²) in [5, 5.41) is 0. The van der Waals surface area contributed by atoms with Crippen molar-refractivity contribution in [3.05, 3.63) is 48.5 Å². The summed E-state index contributed by atoms with van der Waals surface area (Å²) < 4.78 is 65.8. The van der Waals surface area contributed by atoms with E-state index in [0.29, 0.717) is 24.6 Å². The van der Waals surface area contributed by atoms with Crippen molar-refractivity contribution < 1.29 is 26.3 Å². The molecule has 1 fully saturated rings.